The van der Waals surface area contributed by atoms with Crippen LogP contribution < -0.4 is 14.8 Å². The SMILES string of the molecule is C=CCOc1ccc(CN(C)[C@H](C)C(=O)NCc2ccc(OC)cc2)cc1. The van der Waals surface area contributed by atoms with E-state index in [1.54, 1.807) is 13.2 Å². The number of methoxy groups -OCH3 is 1. The molecule has 0 unspecified atom stereocenters. The fraction of sp³-hybridized carbons (Fsp3) is 0.318. The smallest absolute Gasteiger partial charge is 0.237 e. The number of nitrogens with zero attached hydrogens (tertiary/aromatic N) is 1. The molecule has 0 heterocycles. The average Bonchev–Trinajstić information content (AvgIpc) is 2.71. The van der Waals surface area contributed by atoms with Gasteiger partial charge in [0.1, 0.15) is 18.1 Å². The monoisotopic (exact) mass is 368 g/mol. The average molecular weight is 368 g/mol. The minimum atomic E-state index is -0.236. The lowest BCUT2D eigenvalue weighted by Gasteiger charge is -2.24. The third kappa shape index (κ3) is 6.46. The van der Waals surface area contributed by atoms with Crippen molar-refractivity contribution in [2.24, 2.45) is 0 Å². The highest BCUT2D eigenvalue weighted by Crippen LogP contribution is 2.15. The summed E-state index contributed by atoms with van der Waals surface area (Å²) in [6.07, 6.45) is 1.72. The van der Waals surface area contributed by atoms with Gasteiger partial charge >= 0.3 is 0 Å². The largest absolute Gasteiger partial charge is 0.497 e. The first kappa shape index (κ1) is 20.5. The van der Waals surface area contributed by atoms with Gasteiger partial charge in [-0.1, -0.05) is 36.9 Å². The van der Waals surface area contributed by atoms with Crippen molar-refractivity contribution in [2.45, 2.75) is 26.1 Å². The molecule has 5 heteroatoms. The number of benzene rings is 2. The summed E-state index contributed by atoms with van der Waals surface area (Å²) < 4.78 is 10.6. The number of hydrogen-bond acceptors (Lipinski definition) is 4. The van der Waals surface area contributed by atoms with Crippen molar-refractivity contribution < 1.29 is 14.3 Å². The van der Waals surface area contributed by atoms with E-state index < -0.39 is 0 Å². The van der Waals surface area contributed by atoms with Crippen LogP contribution in [0, 0.1) is 0 Å². The first-order valence-electron chi connectivity index (χ1n) is 8.97. The summed E-state index contributed by atoms with van der Waals surface area (Å²) in [6, 6.07) is 15.3. The van der Waals surface area contributed by atoms with E-state index in [-0.39, 0.29) is 11.9 Å². The van der Waals surface area contributed by atoms with E-state index in [2.05, 4.69) is 11.9 Å². The molecule has 1 N–H and O–H groups in total. The Bertz CT molecular complexity index is 726. The van der Waals surface area contributed by atoms with Crippen LogP contribution in [-0.2, 0) is 17.9 Å². The summed E-state index contributed by atoms with van der Waals surface area (Å²) in [5, 5.41) is 2.98. The lowest BCUT2D eigenvalue weighted by Crippen LogP contribution is -2.42. The highest BCUT2D eigenvalue weighted by atomic mass is 16.5. The standard InChI is InChI=1S/C22H28N2O3/c1-5-14-27-21-12-8-19(9-13-21)16-24(3)17(2)22(25)23-15-18-6-10-20(26-4)11-7-18/h5-13,17H,1,14-16H2,2-4H3,(H,23,25)/t17-/m1/s1. The molecule has 0 aromatic heterocycles. The summed E-state index contributed by atoms with van der Waals surface area (Å²) >= 11 is 0. The van der Waals surface area contributed by atoms with Gasteiger partial charge in [-0.2, -0.15) is 0 Å². The summed E-state index contributed by atoms with van der Waals surface area (Å²) in [5.74, 6) is 1.62. The Kier molecular flexibility index (Phi) is 7.89. The number of carbonyl (C=O) groups is 1. The third-order valence-electron chi connectivity index (χ3n) is 4.39. The number of amides is 1. The lowest BCUT2D eigenvalue weighted by molar-refractivity contribution is -0.125. The molecule has 0 fully saturated rings. The second-order valence-corrected chi connectivity index (χ2v) is 6.40. The number of ether oxygens (including phenoxy) is 2. The Labute approximate surface area is 161 Å². The van der Waals surface area contributed by atoms with E-state index in [1.807, 2.05) is 67.4 Å². The van der Waals surface area contributed by atoms with Crippen LogP contribution in [0.1, 0.15) is 18.1 Å². The van der Waals surface area contributed by atoms with E-state index in [9.17, 15) is 4.79 Å². The number of likely N-dealkylation sites (N-methyl/N-ethyl adjacent to an activating group) is 1. The first-order chi connectivity index (χ1) is 13.0. The summed E-state index contributed by atoms with van der Waals surface area (Å²) in [4.78, 5) is 14.5. The van der Waals surface area contributed by atoms with Crippen molar-refractivity contribution in [3.8, 4) is 11.5 Å². The molecule has 0 bridgehead atoms. The van der Waals surface area contributed by atoms with Gasteiger partial charge in [0.25, 0.3) is 0 Å². The highest BCUT2D eigenvalue weighted by Gasteiger charge is 2.17. The van der Waals surface area contributed by atoms with E-state index in [0.29, 0.717) is 19.7 Å². The van der Waals surface area contributed by atoms with Gasteiger partial charge in [-0.3, -0.25) is 9.69 Å². The van der Waals surface area contributed by atoms with Gasteiger partial charge in [-0.05, 0) is 49.4 Å². The van der Waals surface area contributed by atoms with Crippen molar-refractivity contribution in [1.29, 1.82) is 0 Å². The summed E-state index contributed by atoms with van der Waals surface area (Å²) in [6.45, 7) is 7.21. The number of nitrogens with one attached hydrogen (secondary N) is 1. The molecular formula is C22H28N2O3. The number of rotatable bonds is 10. The Morgan fingerprint density at radius 2 is 1.70 bits per heavy atom. The van der Waals surface area contributed by atoms with Crippen LogP contribution in [0.15, 0.2) is 61.2 Å². The Hall–Kier alpha value is -2.79. The molecule has 0 spiro atoms. The van der Waals surface area contributed by atoms with Gasteiger partial charge in [0.05, 0.1) is 13.2 Å². The van der Waals surface area contributed by atoms with E-state index in [4.69, 9.17) is 9.47 Å². The van der Waals surface area contributed by atoms with Crippen LogP contribution >= 0.6 is 0 Å². The molecule has 2 rings (SSSR count). The fourth-order valence-electron chi connectivity index (χ4n) is 2.55. The predicted octanol–water partition coefficient (Wildman–Crippen LogP) is 3.40. The molecule has 27 heavy (non-hydrogen) atoms. The Balaban J connectivity index is 1.82. The molecule has 0 radical (unpaired) electrons. The molecule has 1 amide bonds. The van der Waals surface area contributed by atoms with Gasteiger partial charge in [-0.25, -0.2) is 0 Å². The Morgan fingerprint density at radius 1 is 1.11 bits per heavy atom. The zero-order chi connectivity index (χ0) is 19.6. The van der Waals surface area contributed by atoms with Crippen molar-refractivity contribution in [1.82, 2.24) is 10.2 Å². The zero-order valence-electron chi connectivity index (χ0n) is 16.3. The molecule has 5 nitrogen and oxygen atoms in total. The highest BCUT2D eigenvalue weighted by molar-refractivity contribution is 5.81. The number of hydrogen-bond donors (Lipinski definition) is 1. The van der Waals surface area contributed by atoms with Gasteiger partial charge in [0.15, 0.2) is 0 Å². The van der Waals surface area contributed by atoms with Gasteiger partial charge in [0.2, 0.25) is 5.91 Å². The molecule has 1 atom stereocenters. The third-order valence-corrected chi connectivity index (χ3v) is 4.39. The Morgan fingerprint density at radius 3 is 2.30 bits per heavy atom. The van der Waals surface area contributed by atoms with Crippen LogP contribution in [0.5, 0.6) is 11.5 Å². The predicted molar refractivity (Wildman–Crippen MR) is 108 cm³/mol. The molecule has 0 aliphatic carbocycles. The van der Waals surface area contributed by atoms with E-state index >= 15 is 0 Å². The van der Waals surface area contributed by atoms with Gasteiger partial charge < -0.3 is 14.8 Å². The quantitative estimate of drug-likeness (QED) is 0.653. The molecule has 0 saturated carbocycles. The molecule has 2 aromatic carbocycles. The summed E-state index contributed by atoms with van der Waals surface area (Å²) in [5.41, 5.74) is 2.16. The maximum Gasteiger partial charge on any atom is 0.237 e. The van der Waals surface area contributed by atoms with E-state index in [1.165, 1.54) is 0 Å². The topological polar surface area (TPSA) is 50.8 Å². The van der Waals surface area contributed by atoms with Crippen LogP contribution in [0.25, 0.3) is 0 Å². The molecule has 144 valence electrons. The summed E-state index contributed by atoms with van der Waals surface area (Å²) in [7, 11) is 3.58. The van der Waals surface area contributed by atoms with Crippen molar-refractivity contribution in [3.05, 3.63) is 72.3 Å². The van der Waals surface area contributed by atoms with Gasteiger partial charge in [-0.15, -0.1) is 0 Å². The van der Waals surface area contributed by atoms with Crippen LogP contribution in [-0.4, -0.2) is 37.6 Å². The minimum absolute atomic E-state index is 0.000690. The zero-order valence-corrected chi connectivity index (χ0v) is 16.3. The van der Waals surface area contributed by atoms with Crippen molar-refractivity contribution in [3.63, 3.8) is 0 Å². The lowest BCUT2D eigenvalue weighted by atomic mass is 10.1. The fourth-order valence-corrected chi connectivity index (χ4v) is 2.55. The van der Waals surface area contributed by atoms with Crippen LogP contribution in [0.4, 0.5) is 0 Å². The maximum atomic E-state index is 12.4. The minimum Gasteiger partial charge on any atom is -0.497 e. The van der Waals surface area contributed by atoms with Crippen LogP contribution in [0.2, 0.25) is 0 Å². The molecule has 2 aromatic rings. The first-order valence-corrected chi connectivity index (χ1v) is 8.97. The van der Waals surface area contributed by atoms with Crippen LogP contribution in [0.3, 0.4) is 0 Å². The molecule has 0 saturated heterocycles. The number of carbonyl (C=O) groups excluding carboxylic acids is 1. The second-order valence-electron chi connectivity index (χ2n) is 6.40. The molecule has 0 aliphatic rings. The van der Waals surface area contributed by atoms with Crippen molar-refractivity contribution >= 4 is 5.91 Å². The van der Waals surface area contributed by atoms with Gasteiger partial charge in [0, 0.05) is 13.1 Å². The molecule has 0 aliphatic heterocycles. The maximum absolute atomic E-state index is 12.4. The second kappa shape index (κ2) is 10.4. The molecular weight excluding hydrogens is 340 g/mol. The normalized spacial score (nSPS) is 11.7. The van der Waals surface area contributed by atoms with Crippen molar-refractivity contribution in [2.75, 3.05) is 20.8 Å². The van der Waals surface area contributed by atoms with E-state index in [0.717, 1.165) is 22.6 Å².